The van der Waals surface area contributed by atoms with Crippen molar-refractivity contribution in [3.05, 3.63) is 75.9 Å². The Morgan fingerprint density at radius 1 is 1.17 bits per heavy atom. The predicted molar refractivity (Wildman–Crippen MR) is 121 cm³/mol. The maximum Gasteiger partial charge on any atom is 0.425 e. The van der Waals surface area contributed by atoms with E-state index in [1.165, 1.54) is 12.1 Å². The summed E-state index contributed by atoms with van der Waals surface area (Å²) < 4.78 is 74.0. The lowest BCUT2D eigenvalue weighted by atomic mass is 10.0. The van der Waals surface area contributed by atoms with Gasteiger partial charge in [0.25, 0.3) is 5.91 Å². The molecule has 1 amide bonds. The maximum atomic E-state index is 15.2. The van der Waals surface area contributed by atoms with Crippen LogP contribution in [0.2, 0.25) is 5.02 Å². The number of ether oxygens (including phenoxy) is 1. The Labute approximate surface area is 202 Å². The first-order valence-electron chi connectivity index (χ1n) is 10.6. The molecule has 1 aliphatic heterocycles. The van der Waals surface area contributed by atoms with Crippen LogP contribution in [-0.2, 0) is 13.0 Å². The number of nitrogens with one attached hydrogen (secondary N) is 2. The fraction of sp³-hybridized carbons (Fsp3) is 0.250. The monoisotopic (exact) mass is 511 g/mol. The van der Waals surface area contributed by atoms with Gasteiger partial charge in [0.1, 0.15) is 17.4 Å². The van der Waals surface area contributed by atoms with Crippen LogP contribution in [-0.4, -0.2) is 29.7 Å². The zero-order valence-corrected chi connectivity index (χ0v) is 19.0. The normalized spacial score (nSPS) is 14.3. The van der Waals surface area contributed by atoms with Crippen molar-refractivity contribution in [1.29, 1.82) is 0 Å². The number of hydrogen-bond donors (Lipinski definition) is 2. The number of alkyl halides is 3. The molecule has 184 valence electrons. The molecule has 0 saturated heterocycles. The summed E-state index contributed by atoms with van der Waals surface area (Å²) in [6, 6.07) is 8.70. The summed E-state index contributed by atoms with van der Waals surface area (Å²) in [6.45, 7) is 1.98. The second-order valence-electron chi connectivity index (χ2n) is 7.91. The highest BCUT2D eigenvalue weighted by molar-refractivity contribution is 6.34. The van der Waals surface area contributed by atoms with Gasteiger partial charge in [0.05, 0.1) is 27.7 Å². The van der Waals surface area contributed by atoms with Crippen molar-refractivity contribution in [1.82, 2.24) is 10.3 Å². The van der Waals surface area contributed by atoms with Crippen LogP contribution in [0.5, 0.6) is 5.75 Å². The topological polar surface area (TPSA) is 63.2 Å². The van der Waals surface area contributed by atoms with Crippen molar-refractivity contribution in [2.45, 2.75) is 32.2 Å². The molecule has 2 N–H and O–H groups in total. The molecule has 0 aliphatic carbocycles. The third-order valence-corrected chi connectivity index (χ3v) is 5.80. The number of hydrogen-bond acceptors (Lipinski definition) is 4. The van der Waals surface area contributed by atoms with Crippen LogP contribution in [0, 0.1) is 11.6 Å². The minimum absolute atomic E-state index is 0.145. The van der Waals surface area contributed by atoms with Gasteiger partial charge in [-0.3, -0.25) is 9.78 Å². The van der Waals surface area contributed by atoms with Crippen LogP contribution in [0.25, 0.3) is 11.3 Å². The number of benzene rings is 2. The van der Waals surface area contributed by atoms with Gasteiger partial charge in [0.2, 0.25) is 0 Å². The Morgan fingerprint density at radius 3 is 2.66 bits per heavy atom. The molecule has 11 heteroatoms. The molecule has 4 rings (SSSR count). The molecule has 1 aliphatic rings. The van der Waals surface area contributed by atoms with Gasteiger partial charge in [0.15, 0.2) is 6.10 Å². The third-order valence-electron chi connectivity index (χ3n) is 5.49. The summed E-state index contributed by atoms with van der Waals surface area (Å²) >= 11 is 5.92. The molecule has 0 saturated carbocycles. The van der Waals surface area contributed by atoms with Gasteiger partial charge in [-0.2, -0.15) is 13.2 Å². The number of aromatic nitrogens is 1. The Hall–Kier alpha value is -3.24. The molecular weight excluding hydrogens is 493 g/mol. The van der Waals surface area contributed by atoms with Crippen LogP contribution in [0.4, 0.5) is 27.6 Å². The average Bonchev–Trinajstić information content (AvgIpc) is 2.81. The van der Waals surface area contributed by atoms with E-state index >= 15 is 4.39 Å². The van der Waals surface area contributed by atoms with E-state index in [4.69, 9.17) is 16.3 Å². The van der Waals surface area contributed by atoms with E-state index in [0.717, 1.165) is 43.7 Å². The van der Waals surface area contributed by atoms with Gasteiger partial charge in [-0.15, -0.1) is 0 Å². The molecule has 5 nitrogen and oxygen atoms in total. The minimum Gasteiger partial charge on any atom is -0.480 e. The number of carbonyl (C=O) groups excluding carboxylic acids is 1. The first kappa shape index (κ1) is 24.9. The van der Waals surface area contributed by atoms with E-state index in [0.29, 0.717) is 12.2 Å². The largest absolute Gasteiger partial charge is 0.480 e. The van der Waals surface area contributed by atoms with Gasteiger partial charge >= 0.3 is 6.18 Å². The van der Waals surface area contributed by atoms with Crippen LogP contribution in [0.1, 0.15) is 28.5 Å². The second kappa shape index (κ2) is 9.79. The minimum atomic E-state index is -4.76. The summed E-state index contributed by atoms with van der Waals surface area (Å²) in [5, 5.41) is 5.18. The predicted octanol–water partition coefficient (Wildman–Crippen LogP) is 5.91. The van der Waals surface area contributed by atoms with Crippen molar-refractivity contribution in [2.24, 2.45) is 0 Å². The summed E-state index contributed by atoms with van der Waals surface area (Å²) in [5.74, 6) is -3.44. The van der Waals surface area contributed by atoms with Gasteiger partial charge in [-0.1, -0.05) is 23.7 Å². The highest BCUT2D eigenvalue weighted by Crippen LogP contribution is 2.34. The van der Waals surface area contributed by atoms with Crippen molar-refractivity contribution in [3.63, 3.8) is 0 Å². The Kier molecular flexibility index (Phi) is 6.95. The summed E-state index contributed by atoms with van der Waals surface area (Å²) in [4.78, 5) is 17.3. The summed E-state index contributed by atoms with van der Waals surface area (Å²) in [5.41, 5.74) is 0.716. The number of halogens is 6. The van der Waals surface area contributed by atoms with Crippen LogP contribution in [0.3, 0.4) is 0 Å². The smallest absolute Gasteiger partial charge is 0.425 e. The molecule has 3 aromatic rings. The standard InChI is InChI=1S/C24H19ClF5N3O2/c1-12(24(28,29)30)35-21-10-14(19-6-5-13-7-8-31-11-20(13)32-19)18(27)9-15(21)23(34)33-22-16(25)3-2-4-17(22)26/h2-6,9-10,12,31H,7-8,11H2,1H3,(H,33,34). The molecule has 0 bridgehead atoms. The molecule has 1 atom stereocenters. The average molecular weight is 512 g/mol. The first-order chi connectivity index (χ1) is 16.5. The van der Waals surface area contributed by atoms with Crippen LogP contribution < -0.4 is 15.4 Å². The lowest BCUT2D eigenvalue weighted by Gasteiger charge is -2.21. The summed E-state index contributed by atoms with van der Waals surface area (Å²) in [6.07, 6.45) is -6.34. The third kappa shape index (κ3) is 5.38. The maximum absolute atomic E-state index is 15.2. The van der Waals surface area contributed by atoms with E-state index in [-0.39, 0.29) is 16.3 Å². The number of amides is 1. The van der Waals surface area contributed by atoms with Crippen molar-refractivity contribution in [2.75, 3.05) is 11.9 Å². The lowest BCUT2D eigenvalue weighted by Crippen LogP contribution is -2.32. The molecule has 0 spiro atoms. The summed E-state index contributed by atoms with van der Waals surface area (Å²) in [7, 11) is 0. The fourth-order valence-electron chi connectivity index (χ4n) is 3.57. The highest BCUT2D eigenvalue weighted by Gasteiger charge is 2.39. The van der Waals surface area contributed by atoms with E-state index in [1.54, 1.807) is 12.1 Å². The zero-order chi connectivity index (χ0) is 25.3. The van der Waals surface area contributed by atoms with E-state index < -0.39 is 46.8 Å². The fourth-order valence-corrected chi connectivity index (χ4v) is 3.78. The second-order valence-corrected chi connectivity index (χ2v) is 8.32. The molecule has 2 aromatic carbocycles. The Morgan fingerprint density at radius 2 is 1.94 bits per heavy atom. The molecular formula is C24H19ClF5N3O2. The Bertz CT molecular complexity index is 1260. The highest BCUT2D eigenvalue weighted by atomic mass is 35.5. The lowest BCUT2D eigenvalue weighted by molar-refractivity contribution is -0.189. The van der Waals surface area contributed by atoms with Crippen LogP contribution in [0.15, 0.2) is 42.5 Å². The molecule has 0 fully saturated rings. The SMILES string of the molecule is CC(Oc1cc(-c2ccc3c(n2)CNCC3)c(F)cc1C(=O)Nc1c(F)cccc1Cl)C(F)(F)F. The molecule has 0 radical (unpaired) electrons. The van der Waals surface area contributed by atoms with Crippen LogP contribution >= 0.6 is 11.6 Å². The van der Waals surface area contributed by atoms with Crippen molar-refractivity contribution in [3.8, 4) is 17.0 Å². The van der Waals surface area contributed by atoms with E-state index in [2.05, 4.69) is 15.6 Å². The molecule has 35 heavy (non-hydrogen) atoms. The Balaban J connectivity index is 1.77. The zero-order valence-electron chi connectivity index (χ0n) is 18.3. The number of fused-ring (bicyclic) bond motifs is 1. The van der Waals surface area contributed by atoms with E-state index in [9.17, 15) is 22.4 Å². The van der Waals surface area contributed by atoms with E-state index in [1.807, 2.05) is 0 Å². The van der Waals surface area contributed by atoms with Gasteiger partial charge < -0.3 is 15.4 Å². The molecule has 2 heterocycles. The van der Waals surface area contributed by atoms with Crippen molar-refractivity contribution < 1.29 is 31.5 Å². The molecule has 1 unspecified atom stereocenters. The van der Waals surface area contributed by atoms with Gasteiger partial charge in [-0.05, 0) is 55.8 Å². The quantitative estimate of drug-likeness (QED) is 0.418. The van der Waals surface area contributed by atoms with Gasteiger partial charge in [-0.25, -0.2) is 8.78 Å². The number of carbonyl (C=O) groups is 1. The molecule has 1 aromatic heterocycles. The number of pyridine rings is 1. The van der Waals surface area contributed by atoms with Crippen molar-refractivity contribution >= 4 is 23.2 Å². The first-order valence-corrected chi connectivity index (χ1v) is 10.9. The number of para-hydroxylation sites is 1. The van der Waals surface area contributed by atoms with Gasteiger partial charge in [0, 0.05) is 12.1 Å². The number of anilines is 1. The number of nitrogens with zero attached hydrogens (tertiary/aromatic N) is 1. The number of rotatable bonds is 5.